The van der Waals surface area contributed by atoms with Crippen LogP contribution in [-0.4, -0.2) is 116 Å². The van der Waals surface area contributed by atoms with Gasteiger partial charge in [-0.05, 0) is 75.3 Å². The second-order valence-electron chi connectivity index (χ2n) is 22.1. The molecule has 21 nitrogen and oxygen atoms in total. The molecule has 4 fully saturated rings. The third-order valence-electron chi connectivity index (χ3n) is 16.4. The molecule has 0 spiro atoms. The van der Waals surface area contributed by atoms with Crippen molar-refractivity contribution in [3.05, 3.63) is 157 Å². The summed E-state index contributed by atoms with van der Waals surface area (Å²) >= 11 is 0. The summed E-state index contributed by atoms with van der Waals surface area (Å²) in [5.74, 6) is 1.46. The molecule has 412 valence electrons. The lowest BCUT2D eigenvalue weighted by molar-refractivity contribution is 0.0556. The number of H-pyrrole nitrogens is 2. The first-order valence-corrected chi connectivity index (χ1v) is 27.8. The van der Waals surface area contributed by atoms with E-state index in [9.17, 15) is 9.59 Å². The van der Waals surface area contributed by atoms with E-state index in [-0.39, 0.29) is 35.7 Å². The molecule has 10 aromatic rings. The minimum Gasteiger partial charge on any atom is -0.475 e. The smallest absolute Gasteiger partial charge is 0.373 e. The number of carbonyl (C=O) groups excluding carboxylic acids is 1. The molecule has 4 saturated heterocycles. The molecule has 0 saturated carbocycles. The van der Waals surface area contributed by atoms with Crippen LogP contribution in [0.2, 0.25) is 0 Å². The van der Waals surface area contributed by atoms with E-state index in [0.717, 1.165) is 124 Å². The normalized spacial score (nSPS) is 20.1. The van der Waals surface area contributed by atoms with E-state index in [2.05, 4.69) is 116 Å². The number of carboxylic acids is 1. The van der Waals surface area contributed by atoms with E-state index >= 15 is 0 Å². The molecular formula is C60H64N18O3. The van der Waals surface area contributed by atoms with E-state index in [1.807, 2.05) is 76.7 Å². The second-order valence-corrected chi connectivity index (χ2v) is 22.1. The first-order valence-electron chi connectivity index (χ1n) is 27.8. The monoisotopic (exact) mass is 1080 g/mol. The second kappa shape index (κ2) is 22.1. The molecule has 81 heavy (non-hydrogen) atoms. The summed E-state index contributed by atoms with van der Waals surface area (Å²) in [4.78, 5) is 52.6. The van der Waals surface area contributed by atoms with Crippen LogP contribution in [0.1, 0.15) is 146 Å². The van der Waals surface area contributed by atoms with Gasteiger partial charge in [-0.25, -0.2) is 24.7 Å². The van der Waals surface area contributed by atoms with Crippen LogP contribution in [-0.2, 0) is 0 Å². The maximum absolute atomic E-state index is 13.2. The molecule has 4 aliphatic rings. The summed E-state index contributed by atoms with van der Waals surface area (Å²) in [5, 5.41) is 33.3. The third kappa shape index (κ3) is 10.2. The SMILES string of the molecule is CC(C)c1c(C2C[C@H]3CC[C@@H](C2)N3)nc2c(-c3ccc(-c4ccccc4)nc3)cnn2c1N.CC(C)c1c(C2C[C@H]3CC[C@@H](C2)N3C(=O)c2ncn[nH]2)nc2c(-c3ccc(-c4ccccc4)nc3)cnn2c1N.O=C(O)c1ncn[nH]1. The Morgan fingerprint density at radius 1 is 0.556 bits per heavy atom. The van der Waals surface area contributed by atoms with Crippen LogP contribution in [0.15, 0.2) is 122 Å². The van der Waals surface area contributed by atoms with Crippen molar-refractivity contribution < 1.29 is 14.7 Å². The minimum atomic E-state index is -1.09. The number of pyridine rings is 2. The maximum atomic E-state index is 13.2. The van der Waals surface area contributed by atoms with Crippen molar-refractivity contribution in [1.82, 2.24) is 79.7 Å². The van der Waals surface area contributed by atoms with Crippen molar-refractivity contribution >= 4 is 34.8 Å². The Morgan fingerprint density at radius 2 is 1.01 bits per heavy atom. The van der Waals surface area contributed by atoms with Crippen LogP contribution in [0.3, 0.4) is 0 Å². The first-order chi connectivity index (χ1) is 39.4. The fraction of sp³-hybridized carbons (Fsp3) is 0.333. The number of hydrogen-bond donors (Lipinski definition) is 6. The third-order valence-corrected chi connectivity index (χ3v) is 16.4. The van der Waals surface area contributed by atoms with Gasteiger partial charge in [0.1, 0.15) is 24.3 Å². The van der Waals surface area contributed by atoms with E-state index in [1.54, 1.807) is 4.52 Å². The predicted octanol–water partition coefficient (Wildman–Crippen LogP) is 9.50. The van der Waals surface area contributed by atoms with Gasteiger partial charge in [-0.3, -0.25) is 25.0 Å². The van der Waals surface area contributed by atoms with Crippen molar-refractivity contribution in [1.29, 1.82) is 0 Å². The van der Waals surface area contributed by atoms with Crippen LogP contribution in [0.4, 0.5) is 11.6 Å². The van der Waals surface area contributed by atoms with Crippen molar-refractivity contribution in [2.45, 2.75) is 127 Å². The average molecular weight is 1090 g/mol. The van der Waals surface area contributed by atoms with Gasteiger partial charge < -0.3 is 26.8 Å². The van der Waals surface area contributed by atoms with Gasteiger partial charge in [0.15, 0.2) is 11.3 Å². The van der Waals surface area contributed by atoms with Gasteiger partial charge in [-0.15, -0.1) is 0 Å². The fourth-order valence-corrected chi connectivity index (χ4v) is 12.7. The number of hydrogen-bond acceptors (Lipinski definition) is 15. The zero-order valence-corrected chi connectivity index (χ0v) is 45.6. The molecule has 6 atom stereocenters. The van der Waals surface area contributed by atoms with Crippen LogP contribution in [0.25, 0.3) is 56.1 Å². The van der Waals surface area contributed by atoms with E-state index in [0.29, 0.717) is 35.6 Å². The Labute approximate surface area is 467 Å². The number of aromatic nitrogens is 14. The van der Waals surface area contributed by atoms with E-state index < -0.39 is 5.97 Å². The number of rotatable bonds is 10. The molecule has 0 aliphatic carbocycles. The van der Waals surface area contributed by atoms with Crippen molar-refractivity contribution in [2.24, 2.45) is 0 Å². The van der Waals surface area contributed by atoms with Gasteiger partial charge in [-0.1, -0.05) is 100 Å². The number of anilines is 2. The summed E-state index contributed by atoms with van der Waals surface area (Å²) in [5.41, 5.74) is 27.4. The lowest BCUT2D eigenvalue weighted by Crippen LogP contribution is -2.46. The molecule has 1 amide bonds. The Kier molecular flexibility index (Phi) is 14.3. The highest BCUT2D eigenvalue weighted by molar-refractivity contribution is 5.91. The highest BCUT2D eigenvalue weighted by Gasteiger charge is 2.46. The quantitative estimate of drug-likeness (QED) is 0.0743. The standard InChI is InChI=1S/C30H31N9O.C27H30N6.C3H3N3O2/c1-17(2)25-26(20-12-21-9-10-22(13-20)38(21)30(40)28-33-16-34-37-28)36-29-23(15-35-39(29)27(25)31)19-8-11-24(32-14-19)18-6-4-3-5-7-18;1-16(2)24-25(19-12-20-9-10-21(13-19)31-20)32-27-22(15-30-33(27)26(24)28)18-8-11-23(29-14-18)17-6-4-3-5-7-17;7-3(8)2-4-1-5-6-2/h3-8,11,14-17,20-22H,9-10,12-13,31H2,1-2H3,(H,33,34,37);3-8,11,14-16,19-21,31H,9-10,12-13,28H2,1-2H3;1H,(H,7,8)(H,4,5,6)/t20?,21-,22+;19?,20-,21+;. The molecule has 2 unspecified atom stereocenters. The fourth-order valence-electron chi connectivity index (χ4n) is 12.7. The number of nitrogens with one attached hydrogen (secondary N) is 3. The lowest BCUT2D eigenvalue weighted by Gasteiger charge is -2.39. The number of carboxylic acid groups (broad SMARTS) is 1. The average Bonchev–Trinajstić information content (AvgIpc) is 4.50. The number of fused-ring (bicyclic) bond motifs is 6. The lowest BCUT2D eigenvalue weighted by atomic mass is 9.83. The zero-order chi connectivity index (χ0) is 55.9. The van der Waals surface area contributed by atoms with Gasteiger partial charge in [0.25, 0.3) is 5.91 Å². The molecule has 12 heterocycles. The minimum absolute atomic E-state index is 0.0695. The summed E-state index contributed by atoms with van der Waals surface area (Å²) in [7, 11) is 0. The van der Waals surface area contributed by atoms with E-state index in [4.69, 9.17) is 36.5 Å². The number of benzene rings is 2. The highest BCUT2D eigenvalue weighted by atomic mass is 16.4. The molecule has 2 aromatic carbocycles. The molecule has 4 bridgehead atoms. The summed E-state index contributed by atoms with van der Waals surface area (Å²) < 4.78 is 3.57. The van der Waals surface area contributed by atoms with Gasteiger partial charge in [0.05, 0.1) is 35.2 Å². The summed E-state index contributed by atoms with van der Waals surface area (Å²) in [6.45, 7) is 8.71. The van der Waals surface area contributed by atoms with Gasteiger partial charge in [-0.2, -0.15) is 29.4 Å². The Bertz CT molecular complexity index is 3800. The number of nitrogen functional groups attached to an aromatic ring is 2. The molecule has 8 aromatic heterocycles. The molecule has 14 rings (SSSR count). The van der Waals surface area contributed by atoms with Crippen molar-refractivity contribution in [2.75, 3.05) is 11.5 Å². The highest BCUT2D eigenvalue weighted by Crippen LogP contribution is 2.47. The number of aromatic carboxylic acids is 1. The van der Waals surface area contributed by atoms with Gasteiger partial charge in [0.2, 0.25) is 11.6 Å². The van der Waals surface area contributed by atoms with Crippen LogP contribution >= 0.6 is 0 Å². The summed E-state index contributed by atoms with van der Waals surface area (Å²) in [6, 6.07) is 30.1. The van der Waals surface area contributed by atoms with Gasteiger partial charge in [0, 0.05) is 92.9 Å². The number of nitrogens with two attached hydrogens (primary N) is 2. The number of nitrogens with zero attached hydrogens (tertiary/aromatic N) is 13. The molecular weight excluding hydrogens is 1020 g/mol. The number of amides is 1. The van der Waals surface area contributed by atoms with Crippen molar-refractivity contribution in [3.8, 4) is 44.8 Å². The molecule has 21 heteroatoms. The topological polar surface area (TPSA) is 291 Å². The molecule has 0 radical (unpaired) electrons. The van der Waals surface area contributed by atoms with Crippen molar-refractivity contribution in [3.63, 3.8) is 0 Å². The largest absolute Gasteiger partial charge is 0.475 e. The Balaban J connectivity index is 0.000000143. The summed E-state index contributed by atoms with van der Waals surface area (Å²) in [6.07, 6.45) is 18.5. The zero-order valence-electron chi connectivity index (χ0n) is 45.6. The van der Waals surface area contributed by atoms with Gasteiger partial charge >= 0.3 is 5.97 Å². The molecule has 8 N–H and O–H groups in total. The number of aromatic amines is 2. The first kappa shape index (κ1) is 52.5. The van der Waals surface area contributed by atoms with Crippen LogP contribution in [0.5, 0.6) is 0 Å². The van der Waals surface area contributed by atoms with E-state index in [1.165, 1.54) is 24.9 Å². The number of piperidine rings is 2. The predicted molar refractivity (Wildman–Crippen MR) is 307 cm³/mol. The van der Waals surface area contributed by atoms with Crippen LogP contribution in [0, 0.1) is 0 Å². The Morgan fingerprint density at radius 3 is 1.41 bits per heavy atom. The molecule has 4 aliphatic heterocycles. The van der Waals surface area contributed by atoms with Crippen LogP contribution < -0.4 is 16.8 Å². The Hall–Kier alpha value is -9.24. The maximum Gasteiger partial charge on any atom is 0.373 e. The number of carbonyl (C=O) groups is 2.